The Balaban J connectivity index is 1.74. The fraction of sp³-hybridized carbons (Fsp3) is 1.00. The van der Waals surface area contributed by atoms with Crippen molar-refractivity contribution in [2.45, 2.75) is 188 Å². The van der Waals surface area contributed by atoms with Crippen LogP contribution >= 0.6 is 0 Å². The van der Waals surface area contributed by atoms with E-state index in [9.17, 15) is 0 Å². The molecule has 0 amide bonds. The van der Waals surface area contributed by atoms with Crippen LogP contribution in [-0.2, 0) is 28.4 Å². The van der Waals surface area contributed by atoms with Gasteiger partial charge in [-0.25, -0.2) is 0 Å². The monoisotopic (exact) mass is 526 g/mol. The normalized spacial score (nSPS) is 41.8. The summed E-state index contributed by atoms with van der Waals surface area (Å²) in [6, 6.07) is 0. The SMILES string of the molecule is CC1OC(C)(C)OC(CCC2(C)CC(C)(CCC3OC(C)(C)OC(C)(C)C3(C)C)OC(C)(C)O2)C1(C)C. The molecule has 0 saturated carbocycles. The second-order valence-corrected chi connectivity index (χ2v) is 15.7. The van der Waals surface area contributed by atoms with Gasteiger partial charge in [-0.2, -0.15) is 0 Å². The van der Waals surface area contributed by atoms with Crippen molar-refractivity contribution in [2.75, 3.05) is 0 Å². The van der Waals surface area contributed by atoms with Gasteiger partial charge in [-0.3, -0.25) is 0 Å². The average Bonchev–Trinajstić information content (AvgIpc) is 2.63. The quantitative estimate of drug-likeness (QED) is 0.352. The zero-order chi connectivity index (χ0) is 28.5. The Hall–Kier alpha value is -0.240. The number of rotatable bonds is 6. The van der Waals surface area contributed by atoms with Gasteiger partial charge in [0.15, 0.2) is 17.4 Å². The standard InChI is InChI=1S/C31H58O6/c1-21-24(2,3)22(33-27(8,9)32-21)16-18-30(14)20-31(15,37-29(12,13)36-30)19-17-23-25(4,5)26(6,7)35-28(10,11)34-23/h21-23H,16-20H2,1-15H3. The third-order valence-electron chi connectivity index (χ3n) is 9.65. The summed E-state index contributed by atoms with van der Waals surface area (Å²) < 4.78 is 38.7. The van der Waals surface area contributed by atoms with Crippen molar-refractivity contribution in [3.63, 3.8) is 0 Å². The second kappa shape index (κ2) is 9.41. The highest BCUT2D eigenvalue weighted by molar-refractivity contribution is 5.01. The lowest BCUT2D eigenvalue weighted by Gasteiger charge is -2.57. The van der Waals surface area contributed by atoms with E-state index in [4.69, 9.17) is 28.4 Å². The lowest BCUT2D eigenvalue weighted by Crippen LogP contribution is -2.62. The van der Waals surface area contributed by atoms with Gasteiger partial charge in [0.1, 0.15) is 0 Å². The minimum absolute atomic E-state index is 0.0593. The minimum atomic E-state index is -0.676. The highest BCUT2D eigenvalue weighted by atomic mass is 16.7. The number of hydrogen-bond donors (Lipinski definition) is 0. The minimum Gasteiger partial charge on any atom is -0.347 e. The van der Waals surface area contributed by atoms with Crippen LogP contribution < -0.4 is 0 Å². The van der Waals surface area contributed by atoms with E-state index >= 15 is 0 Å². The lowest BCUT2D eigenvalue weighted by molar-refractivity contribution is -0.379. The van der Waals surface area contributed by atoms with Crippen LogP contribution in [0.2, 0.25) is 0 Å². The molecule has 3 rings (SSSR count). The molecule has 0 aromatic carbocycles. The Morgan fingerprint density at radius 2 is 1.00 bits per heavy atom. The Labute approximate surface area is 227 Å². The molecule has 0 N–H and O–H groups in total. The van der Waals surface area contributed by atoms with Crippen molar-refractivity contribution >= 4 is 0 Å². The fourth-order valence-corrected chi connectivity index (χ4v) is 7.08. The van der Waals surface area contributed by atoms with Gasteiger partial charge in [-0.05, 0) is 102 Å². The van der Waals surface area contributed by atoms with Crippen LogP contribution in [-0.4, -0.2) is 52.5 Å². The van der Waals surface area contributed by atoms with Crippen molar-refractivity contribution in [1.29, 1.82) is 0 Å². The summed E-state index contributed by atoms with van der Waals surface area (Å²) in [7, 11) is 0. The van der Waals surface area contributed by atoms with Crippen LogP contribution in [0.4, 0.5) is 0 Å². The van der Waals surface area contributed by atoms with Gasteiger partial charge in [0.25, 0.3) is 0 Å². The molecule has 0 radical (unpaired) electrons. The first-order chi connectivity index (χ1) is 16.3. The van der Waals surface area contributed by atoms with E-state index < -0.39 is 17.4 Å². The molecule has 0 spiro atoms. The molecule has 3 fully saturated rings. The summed E-state index contributed by atoms with van der Waals surface area (Å²) in [4.78, 5) is 0. The molecule has 5 atom stereocenters. The molecule has 0 aromatic heterocycles. The summed E-state index contributed by atoms with van der Waals surface area (Å²) in [6.45, 7) is 32.2. The molecule has 0 aliphatic carbocycles. The molecule has 3 aliphatic rings. The highest BCUT2D eigenvalue weighted by Crippen LogP contribution is 2.51. The van der Waals surface area contributed by atoms with Crippen LogP contribution in [0.5, 0.6) is 0 Å². The third-order valence-corrected chi connectivity index (χ3v) is 9.65. The topological polar surface area (TPSA) is 55.4 Å². The zero-order valence-corrected chi connectivity index (χ0v) is 26.7. The Morgan fingerprint density at radius 1 is 0.541 bits per heavy atom. The van der Waals surface area contributed by atoms with E-state index in [-0.39, 0.29) is 45.9 Å². The van der Waals surface area contributed by atoms with Gasteiger partial charge in [-0.15, -0.1) is 0 Å². The van der Waals surface area contributed by atoms with Crippen LogP contribution in [0.3, 0.4) is 0 Å². The van der Waals surface area contributed by atoms with Crippen molar-refractivity contribution in [3.05, 3.63) is 0 Å². The van der Waals surface area contributed by atoms with Gasteiger partial charge in [0.2, 0.25) is 0 Å². The van der Waals surface area contributed by atoms with E-state index in [1.165, 1.54) is 0 Å². The van der Waals surface area contributed by atoms with Gasteiger partial charge in [0.05, 0.1) is 35.1 Å². The molecule has 3 heterocycles. The molecule has 37 heavy (non-hydrogen) atoms. The molecule has 3 aliphatic heterocycles. The maximum absolute atomic E-state index is 6.64. The lowest BCUT2D eigenvalue weighted by atomic mass is 9.69. The van der Waals surface area contributed by atoms with Crippen LogP contribution in [0, 0.1) is 10.8 Å². The molecule has 218 valence electrons. The summed E-state index contributed by atoms with van der Waals surface area (Å²) in [5, 5.41) is 0. The molecular weight excluding hydrogens is 468 g/mol. The maximum Gasteiger partial charge on any atom is 0.164 e. The molecule has 0 aromatic rings. The summed E-state index contributed by atoms with van der Waals surface area (Å²) >= 11 is 0. The first kappa shape index (κ1) is 31.3. The molecular formula is C31H58O6. The number of ether oxygens (including phenoxy) is 6. The second-order valence-electron chi connectivity index (χ2n) is 15.7. The first-order valence-corrected chi connectivity index (χ1v) is 14.5. The zero-order valence-electron chi connectivity index (χ0n) is 26.7. The molecule has 0 bridgehead atoms. The smallest absolute Gasteiger partial charge is 0.164 e. The average molecular weight is 527 g/mol. The van der Waals surface area contributed by atoms with Crippen molar-refractivity contribution in [2.24, 2.45) is 10.8 Å². The third kappa shape index (κ3) is 6.74. The molecule has 3 saturated heterocycles. The fourth-order valence-electron chi connectivity index (χ4n) is 7.08. The Morgan fingerprint density at radius 3 is 1.51 bits per heavy atom. The van der Waals surface area contributed by atoms with Crippen LogP contribution in [0.1, 0.15) is 136 Å². The summed E-state index contributed by atoms with van der Waals surface area (Å²) in [5.74, 6) is -1.87. The molecule has 6 nitrogen and oxygen atoms in total. The van der Waals surface area contributed by atoms with Crippen LogP contribution in [0.15, 0.2) is 0 Å². The number of hydrogen-bond acceptors (Lipinski definition) is 6. The van der Waals surface area contributed by atoms with E-state index in [2.05, 4.69) is 62.3 Å². The molecule has 6 heteroatoms. The van der Waals surface area contributed by atoms with Gasteiger partial charge in [-0.1, -0.05) is 27.7 Å². The Bertz CT molecular complexity index is 828. The Kier molecular flexibility index (Phi) is 7.96. The van der Waals surface area contributed by atoms with Crippen molar-refractivity contribution in [3.8, 4) is 0 Å². The van der Waals surface area contributed by atoms with Crippen molar-refractivity contribution < 1.29 is 28.4 Å². The van der Waals surface area contributed by atoms with E-state index in [1.807, 2.05) is 41.5 Å². The highest BCUT2D eigenvalue weighted by Gasteiger charge is 2.55. The summed E-state index contributed by atoms with van der Waals surface area (Å²) in [5.41, 5.74) is -1.18. The largest absolute Gasteiger partial charge is 0.347 e. The maximum atomic E-state index is 6.64. The summed E-state index contributed by atoms with van der Waals surface area (Å²) in [6.07, 6.45) is 4.67. The van der Waals surface area contributed by atoms with Gasteiger partial charge >= 0.3 is 0 Å². The molecule has 5 unspecified atom stereocenters. The van der Waals surface area contributed by atoms with Crippen LogP contribution in [0.25, 0.3) is 0 Å². The first-order valence-electron chi connectivity index (χ1n) is 14.5. The van der Waals surface area contributed by atoms with E-state index in [1.54, 1.807) is 0 Å². The van der Waals surface area contributed by atoms with Gasteiger partial charge < -0.3 is 28.4 Å². The van der Waals surface area contributed by atoms with E-state index in [0.717, 1.165) is 32.1 Å². The predicted octanol–water partition coefficient (Wildman–Crippen LogP) is 7.76. The van der Waals surface area contributed by atoms with E-state index in [0.29, 0.717) is 0 Å². The predicted molar refractivity (Wildman–Crippen MR) is 147 cm³/mol. The van der Waals surface area contributed by atoms with Crippen molar-refractivity contribution in [1.82, 2.24) is 0 Å². The van der Waals surface area contributed by atoms with Gasteiger partial charge in [0, 0.05) is 17.3 Å².